The molecule has 0 bridgehead atoms. The summed E-state index contributed by atoms with van der Waals surface area (Å²) in [4.78, 5) is 23.0. The number of methoxy groups -OCH3 is 1. The van der Waals surface area contributed by atoms with E-state index in [-0.39, 0.29) is 16.8 Å². The molecule has 0 amide bonds. The number of nitrogens with one attached hydrogen (secondary N) is 1. The topological polar surface area (TPSA) is 98.8 Å². The van der Waals surface area contributed by atoms with Crippen molar-refractivity contribution < 1.29 is 4.74 Å². The van der Waals surface area contributed by atoms with Crippen LogP contribution in [0.2, 0.25) is 5.15 Å². The maximum absolute atomic E-state index is 12.3. The number of rotatable bonds is 3. The minimum atomic E-state index is -0.308. The molecule has 0 atom stereocenters. The van der Waals surface area contributed by atoms with Gasteiger partial charge >= 0.3 is 5.69 Å². The van der Waals surface area contributed by atoms with E-state index in [4.69, 9.17) is 22.1 Å². The number of nitrogens with zero attached hydrogens (tertiary/aromatic N) is 3. The Labute approximate surface area is 144 Å². The number of aryl methyl sites for hydroxylation is 1. The van der Waals surface area contributed by atoms with Gasteiger partial charge in [-0.3, -0.25) is 4.57 Å². The van der Waals surface area contributed by atoms with Crippen molar-refractivity contribution in [2.45, 2.75) is 20.4 Å². The maximum atomic E-state index is 12.3. The molecule has 0 aliphatic heterocycles. The van der Waals surface area contributed by atoms with Gasteiger partial charge in [0.25, 0.3) is 0 Å². The van der Waals surface area contributed by atoms with Crippen LogP contribution >= 0.6 is 11.6 Å². The van der Waals surface area contributed by atoms with E-state index in [0.717, 1.165) is 27.9 Å². The summed E-state index contributed by atoms with van der Waals surface area (Å²) >= 11 is 6.04. The largest absolute Gasteiger partial charge is 0.496 e. The van der Waals surface area contributed by atoms with Gasteiger partial charge in [-0.2, -0.15) is 9.97 Å². The molecule has 24 heavy (non-hydrogen) atoms. The fourth-order valence-corrected chi connectivity index (χ4v) is 3.17. The molecule has 0 aliphatic rings. The molecule has 2 heterocycles. The molecule has 0 saturated heterocycles. The van der Waals surface area contributed by atoms with Crippen LogP contribution in [0.25, 0.3) is 11.2 Å². The first kappa shape index (κ1) is 16.4. The zero-order chi connectivity index (χ0) is 17.6. The van der Waals surface area contributed by atoms with Crippen molar-refractivity contribution >= 4 is 42.0 Å². The smallest absolute Gasteiger partial charge is 0.328 e. The molecule has 0 unspecified atom stereocenters. The zero-order valence-electron chi connectivity index (χ0n) is 13.9. The number of anilines is 1. The summed E-state index contributed by atoms with van der Waals surface area (Å²) in [5.41, 5.74) is 10.3. The normalized spacial score (nSPS) is 11.2. The maximum Gasteiger partial charge on any atom is 0.328 e. The molecule has 0 radical (unpaired) electrons. The summed E-state index contributed by atoms with van der Waals surface area (Å²) in [6, 6.07) is 2.01. The quantitative estimate of drug-likeness (QED) is 0.525. The van der Waals surface area contributed by atoms with Crippen LogP contribution in [0, 0.1) is 13.8 Å². The molecule has 3 rings (SSSR count). The number of imidazole rings is 1. The van der Waals surface area contributed by atoms with Crippen LogP contribution < -0.4 is 21.6 Å². The number of nitrogen functional groups attached to an aromatic ring is 1. The summed E-state index contributed by atoms with van der Waals surface area (Å²) in [5.74, 6) is 0.885. The van der Waals surface area contributed by atoms with Crippen LogP contribution in [-0.4, -0.2) is 34.5 Å². The van der Waals surface area contributed by atoms with Crippen molar-refractivity contribution in [2.24, 2.45) is 0 Å². The Balaban J connectivity index is 2.18. The highest BCUT2D eigenvalue weighted by molar-refractivity contribution is 6.34. The highest BCUT2D eigenvalue weighted by Gasteiger charge is 2.16. The van der Waals surface area contributed by atoms with Gasteiger partial charge in [0.05, 0.1) is 13.7 Å². The molecule has 2 aromatic heterocycles. The molecule has 3 aromatic rings. The van der Waals surface area contributed by atoms with Crippen LogP contribution in [0.4, 0.5) is 5.95 Å². The molecule has 1 aromatic carbocycles. The summed E-state index contributed by atoms with van der Waals surface area (Å²) in [7, 11) is 3.66. The summed E-state index contributed by atoms with van der Waals surface area (Å²) in [5, 5.41) is 0.132. The zero-order valence-corrected chi connectivity index (χ0v) is 14.7. The van der Waals surface area contributed by atoms with Crippen molar-refractivity contribution in [2.75, 3.05) is 12.8 Å². The summed E-state index contributed by atoms with van der Waals surface area (Å²) in [6.45, 7) is 4.33. The van der Waals surface area contributed by atoms with Crippen LogP contribution in [0.1, 0.15) is 16.7 Å². The average molecular weight is 346 g/mol. The monoisotopic (exact) mass is 345 g/mol. The second kappa shape index (κ2) is 5.87. The van der Waals surface area contributed by atoms with Crippen LogP contribution in [0.3, 0.4) is 0 Å². The van der Waals surface area contributed by atoms with Gasteiger partial charge in [-0.25, -0.2) is 4.79 Å². The lowest BCUT2D eigenvalue weighted by atomic mass is 9.84. The van der Waals surface area contributed by atoms with E-state index < -0.39 is 0 Å². The van der Waals surface area contributed by atoms with Gasteiger partial charge in [0.2, 0.25) is 5.95 Å². The van der Waals surface area contributed by atoms with Gasteiger partial charge < -0.3 is 15.5 Å². The molecule has 9 heteroatoms. The minimum Gasteiger partial charge on any atom is -0.496 e. The Bertz CT molecular complexity index is 1010. The number of nitrogens with two attached hydrogens (primary N) is 1. The lowest BCUT2D eigenvalue weighted by Gasteiger charge is -2.16. The second-order valence-electron chi connectivity index (χ2n) is 5.72. The van der Waals surface area contributed by atoms with E-state index in [1.165, 1.54) is 4.57 Å². The van der Waals surface area contributed by atoms with Crippen molar-refractivity contribution in [3.8, 4) is 5.75 Å². The molecular weight excluding hydrogens is 328 g/mol. The highest BCUT2D eigenvalue weighted by atomic mass is 35.5. The van der Waals surface area contributed by atoms with Crippen LogP contribution in [-0.2, 0) is 6.54 Å². The fourth-order valence-electron chi connectivity index (χ4n) is 2.95. The van der Waals surface area contributed by atoms with Crippen molar-refractivity contribution in [3.63, 3.8) is 0 Å². The second-order valence-corrected chi connectivity index (χ2v) is 6.08. The Morgan fingerprint density at radius 1 is 1.42 bits per heavy atom. The lowest BCUT2D eigenvalue weighted by molar-refractivity contribution is 0.409. The Kier molecular flexibility index (Phi) is 4.00. The lowest BCUT2D eigenvalue weighted by Crippen LogP contribution is -2.24. The molecular formula is C15H17BClN5O2. The van der Waals surface area contributed by atoms with Gasteiger partial charge in [-0.05, 0) is 30.5 Å². The van der Waals surface area contributed by atoms with Crippen molar-refractivity contribution in [1.82, 2.24) is 19.5 Å². The number of hydrogen-bond acceptors (Lipinski definition) is 5. The first-order valence-electron chi connectivity index (χ1n) is 7.38. The third-order valence-electron chi connectivity index (χ3n) is 4.26. The van der Waals surface area contributed by atoms with E-state index in [9.17, 15) is 4.79 Å². The van der Waals surface area contributed by atoms with Gasteiger partial charge in [0.1, 0.15) is 19.1 Å². The van der Waals surface area contributed by atoms with E-state index >= 15 is 0 Å². The predicted octanol–water partition coefficient (Wildman–Crippen LogP) is 0.287. The van der Waals surface area contributed by atoms with Gasteiger partial charge in [0.15, 0.2) is 10.8 Å². The third kappa shape index (κ3) is 2.52. The first-order chi connectivity index (χ1) is 11.3. The summed E-state index contributed by atoms with van der Waals surface area (Å²) in [6.07, 6.45) is 0. The van der Waals surface area contributed by atoms with Gasteiger partial charge in [0, 0.05) is 0 Å². The van der Waals surface area contributed by atoms with E-state index in [0.29, 0.717) is 17.7 Å². The van der Waals surface area contributed by atoms with E-state index in [2.05, 4.69) is 15.0 Å². The highest BCUT2D eigenvalue weighted by Crippen LogP contribution is 2.23. The fraction of sp³-hybridized carbons (Fsp3) is 0.267. The number of aromatic nitrogens is 4. The summed E-state index contributed by atoms with van der Waals surface area (Å²) < 4.78 is 6.95. The predicted molar refractivity (Wildman–Crippen MR) is 97.3 cm³/mol. The van der Waals surface area contributed by atoms with E-state index in [1.54, 1.807) is 7.11 Å². The van der Waals surface area contributed by atoms with Gasteiger partial charge in [-0.15, -0.1) is 0 Å². The average Bonchev–Trinajstić information content (AvgIpc) is 2.82. The molecule has 7 nitrogen and oxygen atoms in total. The molecule has 124 valence electrons. The SMILES string of the molecule is Bc1c(Cn2c(=O)[nH]c3c(Cl)nc(N)nc32)cc(C)c(OC)c1C. The number of aromatic amines is 1. The Morgan fingerprint density at radius 2 is 2.12 bits per heavy atom. The molecule has 0 aliphatic carbocycles. The van der Waals surface area contributed by atoms with Gasteiger partial charge in [-0.1, -0.05) is 23.1 Å². The number of H-pyrrole nitrogens is 1. The van der Waals surface area contributed by atoms with Crippen molar-refractivity contribution in [3.05, 3.63) is 38.4 Å². The number of hydrogen-bond donors (Lipinski definition) is 2. The Morgan fingerprint density at radius 3 is 2.79 bits per heavy atom. The molecule has 0 fully saturated rings. The third-order valence-corrected chi connectivity index (χ3v) is 4.54. The molecule has 0 saturated carbocycles. The van der Waals surface area contributed by atoms with Crippen LogP contribution in [0.5, 0.6) is 5.75 Å². The number of halogens is 1. The van der Waals surface area contributed by atoms with E-state index in [1.807, 2.05) is 27.8 Å². The van der Waals surface area contributed by atoms with Crippen LogP contribution in [0.15, 0.2) is 10.9 Å². The molecule has 3 N–H and O–H groups in total. The number of fused-ring (bicyclic) bond motifs is 1. The number of benzene rings is 1. The molecule has 0 spiro atoms. The van der Waals surface area contributed by atoms with Crippen molar-refractivity contribution in [1.29, 1.82) is 0 Å². The standard InChI is InChI=1S/C15H17BClN5O2/c1-6-4-8(9(16)7(2)11(6)24-3)5-22-13-10(19-15(22)23)12(17)20-14(18)21-13/h4H,5,16H2,1-3H3,(H,19,23)(H2,18,20,21). The number of ether oxygens (including phenoxy) is 1. The Hall–Kier alpha value is -2.48. The minimum absolute atomic E-state index is 0.0269. The first-order valence-corrected chi connectivity index (χ1v) is 7.76.